The van der Waals surface area contributed by atoms with Crippen molar-refractivity contribution in [3.63, 3.8) is 0 Å². The molecular weight excluding hydrogens is 406 g/mol. The largest absolute Gasteiger partial charge is 0.373 e. The molecule has 1 N–H and O–H groups in total. The number of aromatic nitrogens is 3. The zero-order chi connectivity index (χ0) is 21.0. The van der Waals surface area contributed by atoms with E-state index in [1.54, 1.807) is 40.4 Å². The Bertz CT molecular complexity index is 992. The summed E-state index contributed by atoms with van der Waals surface area (Å²) < 4.78 is 1.73. The van der Waals surface area contributed by atoms with Gasteiger partial charge in [0.25, 0.3) is 5.91 Å². The van der Waals surface area contributed by atoms with Gasteiger partial charge in [0, 0.05) is 19.2 Å². The molecule has 2 aromatic heterocycles. The molecule has 0 radical (unpaired) electrons. The van der Waals surface area contributed by atoms with Crippen LogP contribution in [0.5, 0.6) is 0 Å². The van der Waals surface area contributed by atoms with Crippen LogP contribution in [-0.4, -0.2) is 44.5 Å². The van der Waals surface area contributed by atoms with Crippen molar-refractivity contribution in [1.82, 2.24) is 19.5 Å². The number of carbonyl (C=O) groups excluding carboxylic acids is 1. The second-order valence-corrected chi connectivity index (χ2v) is 8.66. The summed E-state index contributed by atoms with van der Waals surface area (Å²) in [7, 11) is 1.81. The highest BCUT2D eigenvalue weighted by atomic mass is 35.5. The molecule has 3 heterocycles. The van der Waals surface area contributed by atoms with Crippen molar-refractivity contribution < 1.29 is 4.79 Å². The summed E-state index contributed by atoms with van der Waals surface area (Å²) in [6.45, 7) is 6.41. The van der Waals surface area contributed by atoms with Crippen LogP contribution in [0.15, 0.2) is 41.3 Å². The number of nitrogens with zero attached hydrogens (tertiary/aromatic N) is 4. The average molecular weight is 432 g/mol. The van der Waals surface area contributed by atoms with Gasteiger partial charge in [-0.25, -0.2) is 4.98 Å². The monoisotopic (exact) mass is 431 g/mol. The van der Waals surface area contributed by atoms with Crippen molar-refractivity contribution in [3.05, 3.63) is 52.7 Å². The van der Waals surface area contributed by atoms with E-state index in [4.69, 9.17) is 11.6 Å². The topological polar surface area (TPSA) is 62.5 Å². The van der Waals surface area contributed by atoms with Gasteiger partial charge in [0.05, 0.1) is 4.91 Å². The zero-order valence-corrected chi connectivity index (χ0v) is 18.7. The van der Waals surface area contributed by atoms with Crippen molar-refractivity contribution >= 4 is 45.6 Å². The molecule has 1 amide bonds. The number of halogens is 1. The van der Waals surface area contributed by atoms with Crippen molar-refractivity contribution in [3.8, 4) is 0 Å². The van der Waals surface area contributed by atoms with Crippen LogP contribution in [0.2, 0.25) is 0 Å². The summed E-state index contributed by atoms with van der Waals surface area (Å²) in [5.74, 6) is 1.25. The smallest absolute Gasteiger partial charge is 0.255 e. The first-order chi connectivity index (χ1) is 13.9. The minimum absolute atomic E-state index is 0.120. The van der Waals surface area contributed by atoms with E-state index in [1.807, 2.05) is 26.0 Å². The molecule has 29 heavy (non-hydrogen) atoms. The normalized spacial score (nSPS) is 15.3. The number of carbonyl (C=O) groups is 1. The number of hydrogen-bond donors (Lipinski definition) is 1. The Kier molecular flexibility index (Phi) is 7.03. The van der Waals surface area contributed by atoms with E-state index in [0.717, 1.165) is 17.7 Å². The highest BCUT2D eigenvalue weighted by molar-refractivity contribution is 8.11. The second-order valence-electron chi connectivity index (χ2n) is 6.74. The summed E-state index contributed by atoms with van der Waals surface area (Å²) in [6.07, 6.45) is 9.93. The summed E-state index contributed by atoms with van der Waals surface area (Å²) in [4.78, 5) is 21.8. The van der Waals surface area contributed by atoms with Crippen molar-refractivity contribution in [1.29, 1.82) is 0 Å². The van der Waals surface area contributed by atoms with Gasteiger partial charge in [-0.05, 0) is 50.7 Å². The molecule has 3 rings (SSSR count). The molecule has 6 nitrogen and oxygen atoms in total. The molecular formula is C21H26ClN5OS. The Labute approximate surface area is 180 Å². The number of rotatable bonds is 7. The predicted octanol–water partition coefficient (Wildman–Crippen LogP) is 5.15. The van der Waals surface area contributed by atoms with Crippen molar-refractivity contribution in [2.75, 3.05) is 18.9 Å². The average Bonchev–Trinajstić information content (AvgIpc) is 3.14. The summed E-state index contributed by atoms with van der Waals surface area (Å²) in [6, 6.07) is 3.57. The molecule has 0 saturated heterocycles. The minimum Gasteiger partial charge on any atom is -0.373 e. The molecule has 0 aromatic carbocycles. The second kappa shape index (κ2) is 9.50. The lowest BCUT2D eigenvalue weighted by atomic mass is 10.2. The quantitative estimate of drug-likeness (QED) is 0.373. The van der Waals surface area contributed by atoms with Gasteiger partial charge in [0.2, 0.25) is 0 Å². The van der Waals surface area contributed by atoms with Gasteiger partial charge in [-0.1, -0.05) is 47.7 Å². The number of fused-ring (bicyclic) bond motifs is 1. The standard InChI is InChI=1S/C21H26ClN5OS/c1-5-6-7-11-26(15(3)22)21(28)16-12-18(23-4)27-19(13-16)24-20(25-27)17-10-8-9-14(2)29-17/h5-6,9-10,12-13,15,23H,7-8,11H2,1-4H3/b6-5-. The number of anilines is 1. The molecule has 8 heteroatoms. The molecule has 1 aliphatic heterocycles. The van der Waals surface area contributed by atoms with Crippen molar-refractivity contribution in [2.24, 2.45) is 0 Å². The first-order valence-corrected chi connectivity index (χ1v) is 10.9. The van der Waals surface area contributed by atoms with E-state index in [1.165, 1.54) is 4.91 Å². The Morgan fingerprint density at radius 2 is 2.24 bits per heavy atom. The van der Waals surface area contributed by atoms with Crippen molar-refractivity contribution in [2.45, 2.75) is 39.1 Å². The molecule has 1 unspecified atom stereocenters. The lowest BCUT2D eigenvalue weighted by Gasteiger charge is -2.25. The van der Waals surface area contributed by atoms with Gasteiger partial charge in [-0.2, -0.15) is 4.52 Å². The fraction of sp³-hybridized carbons (Fsp3) is 0.381. The van der Waals surface area contributed by atoms with Crippen LogP contribution in [0.25, 0.3) is 10.6 Å². The Hall–Kier alpha value is -2.25. The van der Waals surface area contributed by atoms with Gasteiger partial charge in [0.1, 0.15) is 11.3 Å². The van der Waals surface area contributed by atoms with Crippen LogP contribution >= 0.6 is 23.4 Å². The minimum atomic E-state index is -0.408. The molecule has 0 aliphatic carbocycles. The molecule has 0 spiro atoms. The maximum atomic E-state index is 13.2. The molecule has 154 valence electrons. The third-order valence-corrected chi connectivity index (χ3v) is 5.90. The number of hydrogen-bond acceptors (Lipinski definition) is 5. The van der Waals surface area contributed by atoms with Crippen LogP contribution in [0.3, 0.4) is 0 Å². The van der Waals surface area contributed by atoms with Gasteiger partial charge < -0.3 is 10.2 Å². The summed E-state index contributed by atoms with van der Waals surface area (Å²) in [5.41, 5.74) is 0.753. The Morgan fingerprint density at radius 1 is 1.45 bits per heavy atom. The van der Waals surface area contributed by atoms with Gasteiger partial charge in [-0.15, -0.1) is 5.10 Å². The summed E-state index contributed by atoms with van der Waals surface area (Å²) >= 11 is 7.96. The molecule has 2 aromatic rings. The lowest BCUT2D eigenvalue weighted by molar-refractivity contribution is 0.0746. The van der Waals surface area contributed by atoms with E-state index in [-0.39, 0.29) is 5.91 Å². The first kappa shape index (κ1) is 21.5. The van der Waals surface area contributed by atoms with Crippen LogP contribution in [0.4, 0.5) is 5.82 Å². The highest BCUT2D eigenvalue weighted by Crippen LogP contribution is 2.36. The van der Waals surface area contributed by atoms with Crippen LogP contribution in [0.1, 0.15) is 49.8 Å². The van der Waals surface area contributed by atoms with Crippen LogP contribution in [-0.2, 0) is 0 Å². The number of amides is 1. The maximum absolute atomic E-state index is 13.2. The highest BCUT2D eigenvalue weighted by Gasteiger charge is 2.22. The number of pyridine rings is 1. The van der Waals surface area contributed by atoms with Crippen LogP contribution < -0.4 is 5.32 Å². The van der Waals surface area contributed by atoms with Gasteiger partial charge in [-0.3, -0.25) is 4.79 Å². The fourth-order valence-corrected chi connectivity index (χ4v) is 4.17. The van der Waals surface area contributed by atoms with E-state index in [2.05, 4.69) is 34.5 Å². The predicted molar refractivity (Wildman–Crippen MR) is 122 cm³/mol. The zero-order valence-electron chi connectivity index (χ0n) is 17.1. The molecule has 0 saturated carbocycles. The number of alkyl halides is 1. The third kappa shape index (κ3) is 4.85. The SMILES string of the molecule is C/C=C\CCN(C(=O)c1cc(NC)n2nc(C3=CCC=C(C)S3)nc2c1)C(C)Cl. The van der Waals surface area contributed by atoms with E-state index in [0.29, 0.717) is 29.4 Å². The van der Waals surface area contributed by atoms with E-state index < -0.39 is 5.50 Å². The number of allylic oxidation sites excluding steroid dienone is 4. The fourth-order valence-electron chi connectivity index (χ4n) is 3.10. The van der Waals surface area contributed by atoms with Gasteiger partial charge in [0.15, 0.2) is 11.5 Å². The van der Waals surface area contributed by atoms with E-state index in [9.17, 15) is 4.79 Å². The molecule has 0 bridgehead atoms. The first-order valence-electron chi connectivity index (χ1n) is 9.64. The van der Waals surface area contributed by atoms with Crippen LogP contribution in [0, 0.1) is 0 Å². The maximum Gasteiger partial charge on any atom is 0.255 e. The third-order valence-electron chi connectivity index (χ3n) is 4.60. The molecule has 1 atom stereocenters. The number of thioether (sulfide) groups is 1. The molecule has 0 fully saturated rings. The van der Waals surface area contributed by atoms with Gasteiger partial charge >= 0.3 is 0 Å². The Morgan fingerprint density at radius 3 is 2.90 bits per heavy atom. The lowest BCUT2D eigenvalue weighted by Crippen LogP contribution is -2.36. The van der Waals surface area contributed by atoms with E-state index >= 15 is 0 Å². The summed E-state index contributed by atoms with van der Waals surface area (Å²) in [5, 5.41) is 7.77. The number of nitrogens with one attached hydrogen (secondary N) is 1. The Balaban J connectivity index is 1.96. The molecule has 1 aliphatic rings.